The number of carboxylic acids is 1. The lowest BCUT2D eigenvalue weighted by molar-refractivity contribution is -0.141. The lowest BCUT2D eigenvalue weighted by atomic mass is 10.0. The van der Waals surface area contributed by atoms with Gasteiger partial charge in [-0.2, -0.15) is 0 Å². The Morgan fingerprint density at radius 2 is 1.89 bits per heavy atom. The Bertz CT molecular complexity index is 301. The number of urea groups is 1. The van der Waals surface area contributed by atoms with E-state index >= 15 is 0 Å². The van der Waals surface area contributed by atoms with Crippen molar-refractivity contribution in [2.75, 3.05) is 6.54 Å². The maximum absolute atomic E-state index is 11.6. The number of aliphatic carboxylic acids is 1. The average molecular weight is 270 g/mol. The minimum absolute atomic E-state index is 0.271. The van der Waals surface area contributed by atoms with E-state index in [-0.39, 0.29) is 12.1 Å². The minimum Gasteiger partial charge on any atom is -0.481 e. The van der Waals surface area contributed by atoms with Gasteiger partial charge in [0, 0.05) is 12.6 Å². The van der Waals surface area contributed by atoms with Crippen molar-refractivity contribution < 1.29 is 14.7 Å². The van der Waals surface area contributed by atoms with E-state index in [1.807, 2.05) is 0 Å². The van der Waals surface area contributed by atoms with Crippen molar-refractivity contribution in [2.45, 2.75) is 58.4 Å². The van der Waals surface area contributed by atoms with Crippen LogP contribution in [0.2, 0.25) is 0 Å². The van der Waals surface area contributed by atoms with E-state index in [9.17, 15) is 9.59 Å². The van der Waals surface area contributed by atoms with Crippen LogP contribution in [0.1, 0.15) is 52.4 Å². The van der Waals surface area contributed by atoms with Gasteiger partial charge in [-0.25, -0.2) is 4.79 Å². The van der Waals surface area contributed by atoms with Crippen LogP contribution in [-0.2, 0) is 4.79 Å². The molecule has 2 unspecified atom stereocenters. The molecule has 0 spiro atoms. The van der Waals surface area contributed by atoms with Gasteiger partial charge in [-0.3, -0.25) is 4.79 Å². The second-order valence-corrected chi connectivity index (χ2v) is 5.61. The van der Waals surface area contributed by atoms with E-state index in [0.717, 1.165) is 12.3 Å². The van der Waals surface area contributed by atoms with Gasteiger partial charge in [-0.1, -0.05) is 25.7 Å². The molecule has 0 heterocycles. The first kappa shape index (κ1) is 15.8. The van der Waals surface area contributed by atoms with Gasteiger partial charge in [0.2, 0.25) is 0 Å². The van der Waals surface area contributed by atoms with E-state index in [4.69, 9.17) is 5.11 Å². The first-order chi connectivity index (χ1) is 9.00. The first-order valence-electron chi connectivity index (χ1n) is 7.28. The molecule has 2 amide bonds. The van der Waals surface area contributed by atoms with Crippen molar-refractivity contribution in [3.8, 4) is 0 Å². The molecule has 0 saturated heterocycles. The molecule has 0 aromatic carbocycles. The second-order valence-electron chi connectivity index (χ2n) is 5.61. The van der Waals surface area contributed by atoms with Crippen molar-refractivity contribution in [3.05, 3.63) is 0 Å². The Morgan fingerprint density at radius 1 is 1.26 bits per heavy atom. The van der Waals surface area contributed by atoms with Crippen LogP contribution < -0.4 is 10.6 Å². The van der Waals surface area contributed by atoms with Crippen molar-refractivity contribution in [1.82, 2.24) is 10.6 Å². The molecule has 3 N–H and O–H groups in total. The zero-order valence-corrected chi connectivity index (χ0v) is 11.9. The first-order valence-corrected chi connectivity index (χ1v) is 7.28. The van der Waals surface area contributed by atoms with Crippen molar-refractivity contribution in [2.24, 2.45) is 11.8 Å². The predicted molar refractivity (Wildman–Crippen MR) is 74.0 cm³/mol. The molecular formula is C14H26N2O3. The molecule has 0 aliphatic heterocycles. The third-order valence-electron chi connectivity index (χ3n) is 4.05. The second kappa shape index (κ2) is 8.02. The highest BCUT2D eigenvalue weighted by atomic mass is 16.4. The number of amides is 2. The van der Waals surface area contributed by atoms with E-state index in [0.29, 0.717) is 6.54 Å². The Morgan fingerprint density at radius 3 is 2.47 bits per heavy atom. The highest BCUT2D eigenvalue weighted by Crippen LogP contribution is 2.28. The molecule has 0 aromatic rings. The summed E-state index contributed by atoms with van der Waals surface area (Å²) >= 11 is 0. The molecule has 1 aliphatic rings. The quantitative estimate of drug-likeness (QED) is 0.621. The molecule has 1 rings (SSSR count). The summed E-state index contributed by atoms with van der Waals surface area (Å²) < 4.78 is 0. The predicted octanol–water partition coefficient (Wildman–Crippen LogP) is 2.37. The summed E-state index contributed by atoms with van der Waals surface area (Å²) in [5.74, 6) is -0.630. The highest BCUT2D eigenvalue weighted by molar-refractivity contribution is 5.76. The number of hydrogen-bond acceptors (Lipinski definition) is 2. The molecule has 1 fully saturated rings. The minimum atomic E-state index is -0.894. The molecule has 19 heavy (non-hydrogen) atoms. The molecule has 5 heteroatoms. The smallest absolute Gasteiger partial charge is 0.315 e. The van der Waals surface area contributed by atoms with E-state index in [1.165, 1.54) is 32.1 Å². The number of carboxylic acid groups (broad SMARTS) is 1. The fourth-order valence-electron chi connectivity index (χ4n) is 2.49. The number of nitrogens with one attached hydrogen (secondary N) is 2. The fourth-order valence-corrected chi connectivity index (χ4v) is 2.49. The van der Waals surface area contributed by atoms with E-state index in [1.54, 1.807) is 13.8 Å². The zero-order chi connectivity index (χ0) is 14.3. The van der Waals surface area contributed by atoms with Gasteiger partial charge in [0.1, 0.15) is 0 Å². The molecule has 0 aromatic heterocycles. The standard InChI is InChI=1S/C14H26N2O3/c1-10(13(17)18)11(2)16-14(19)15-9-5-8-12-6-3-4-7-12/h10-12H,3-9H2,1-2H3,(H,17,18)(H2,15,16,19). The molecule has 0 bridgehead atoms. The molecule has 2 atom stereocenters. The molecule has 1 saturated carbocycles. The van der Waals surface area contributed by atoms with Crippen molar-refractivity contribution in [1.29, 1.82) is 0 Å². The summed E-state index contributed by atoms with van der Waals surface area (Å²) in [7, 11) is 0. The monoisotopic (exact) mass is 270 g/mol. The topological polar surface area (TPSA) is 78.4 Å². The van der Waals surface area contributed by atoms with Gasteiger partial charge in [-0.05, 0) is 32.6 Å². The van der Waals surface area contributed by atoms with Crippen LogP contribution in [0, 0.1) is 11.8 Å². The lowest BCUT2D eigenvalue weighted by Crippen LogP contribution is -2.45. The Hall–Kier alpha value is -1.26. The fraction of sp³-hybridized carbons (Fsp3) is 0.857. The maximum atomic E-state index is 11.6. The number of hydrogen-bond donors (Lipinski definition) is 3. The number of carbonyl (C=O) groups excluding carboxylic acids is 1. The average Bonchev–Trinajstić information content (AvgIpc) is 2.86. The highest BCUT2D eigenvalue weighted by Gasteiger charge is 2.20. The largest absolute Gasteiger partial charge is 0.481 e. The molecule has 5 nitrogen and oxygen atoms in total. The van der Waals surface area contributed by atoms with Gasteiger partial charge in [0.15, 0.2) is 0 Å². The van der Waals surface area contributed by atoms with Gasteiger partial charge in [0.25, 0.3) is 0 Å². The summed E-state index contributed by atoms with van der Waals surface area (Å²) in [6.45, 7) is 3.96. The van der Waals surface area contributed by atoms with Crippen LogP contribution >= 0.6 is 0 Å². The summed E-state index contributed by atoms with van der Waals surface area (Å²) in [5.41, 5.74) is 0. The van der Waals surface area contributed by atoms with Gasteiger partial charge < -0.3 is 15.7 Å². The third-order valence-corrected chi connectivity index (χ3v) is 4.05. The van der Waals surface area contributed by atoms with Gasteiger partial charge in [0.05, 0.1) is 5.92 Å². The number of carbonyl (C=O) groups is 2. The Labute approximate surface area is 115 Å². The van der Waals surface area contributed by atoms with Crippen LogP contribution in [0.15, 0.2) is 0 Å². The Balaban J connectivity index is 2.08. The summed E-state index contributed by atoms with van der Waals surface area (Å²) in [4.78, 5) is 22.3. The zero-order valence-electron chi connectivity index (χ0n) is 11.9. The van der Waals surface area contributed by atoms with Crippen LogP contribution in [0.25, 0.3) is 0 Å². The maximum Gasteiger partial charge on any atom is 0.315 e. The molecular weight excluding hydrogens is 244 g/mol. The van der Waals surface area contributed by atoms with Gasteiger partial charge >= 0.3 is 12.0 Å². The van der Waals surface area contributed by atoms with Crippen LogP contribution in [0.3, 0.4) is 0 Å². The lowest BCUT2D eigenvalue weighted by Gasteiger charge is -2.18. The van der Waals surface area contributed by atoms with Crippen molar-refractivity contribution in [3.63, 3.8) is 0 Å². The summed E-state index contributed by atoms with van der Waals surface area (Å²) in [6, 6.07) is -0.639. The Kier molecular flexibility index (Phi) is 6.67. The third kappa shape index (κ3) is 5.94. The molecule has 110 valence electrons. The van der Waals surface area contributed by atoms with E-state index < -0.39 is 11.9 Å². The number of rotatable bonds is 7. The normalized spacial score (nSPS) is 18.8. The van der Waals surface area contributed by atoms with Crippen LogP contribution in [-0.4, -0.2) is 29.7 Å². The SMILES string of the molecule is CC(NC(=O)NCCCC1CCCC1)C(C)C(=O)O. The van der Waals surface area contributed by atoms with Crippen LogP contribution in [0.5, 0.6) is 0 Å². The van der Waals surface area contributed by atoms with Gasteiger partial charge in [-0.15, -0.1) is 0 Å². The summed E-state index contributed by atoms with van der Waals surface area (Å²) in [6.07, 6.45) is 7.55. The summed E-state index contributed by atoms with van der Waals surface area (Å²) in [5, 5.41) is 14.3. The van der Waals surface area contributed by atoms with Crippen LogP contribution in [0.4, 0.5) is 4.79 Å². The molecule has 0 radical (unpaired) electrons. The van der Waals surface area contributed by atoms with E-state index in [2.05, 4.69) is 10.6 Å². The molecule has 1 aliphatic carbocycles. The van der Waals surface area contributed by atoms with Crippen molar-refractivity contribution >= 4 is 12.0 Å².